The maximum atomic E-state index is 9.16. The number of ether oxygens (including phenoxy) is 1. The van der Waals surface area contributed by atoms with Crippen molar-refractivity contribution in [2.45, 2.75) is 0 Å². The molecule has 19 heavy (non-hydrogen) atoms. The largest absolute Gasteiger partial charge is 0.497 e. The zero-order chi connectivity index (χ0) is 13.5. The van der Waals surface area contributed by atoms with Crippen molar-refractivity contribution < 1.29 is 4.74 Å². The molecule has 0 spiro atoms. The fourth-order valence-corrected chi connectivity index (χ4v) is 1.64. The topological polar surface area (TPSA) is 45.0 Å². The molecule has 0 aliphatic carbocycles. The van der Waals surface area contributed by atoms with E-state index >= 15 is 0 Å². The van der Waals surface area contributed by atoms with Crippen molar-refractivity contribution in [2.75, 3.05) is 12.4 Å². The van der Waals surface area contributed by atoms with Gasteiger partial charge >= 0.3 is 0 Å². The van der Waals surface area contributed by atoms with E-state index in [0.29, 0.717) is 5.57 Å². The monoisotopic (exact) mass is 250 g/mol. The summed E-state index contributed by atoms with van der Waals surface area (Å²) in [6, 6.07) is 19.3. The van der Waals surface area contributed by atoms with E-state index < -0.39 is 0 Å². The van der Waals surface area contributed by atoms with Crippen LogP contribution in [0.3, 0.4) is 0 Å². The van der Waals surface area contributed by atoms with Crippen LogP contribution in [0.5, 0.6) is 5.75 Å². The van der Waals surface area contributed by atoms with Gasteiger partial charge in [-0.15, -0.1) is 0 Å². The van der Waals surface area contributed by atoms with Gasteiger partial charge in [0, 0.05) is 11.9 Å². The molecule has 0 fully saturated rings. The first-order chi connectivity index (χ1) is 9.33. The van der Waals surface area contributed by atoms with Crippen LogP contribution in [0.4, 0.5) is 5.69 Å². The molecule has 0 aromatic heterocycles. The van der Waals surface area contributed by atoms with Crippen LogP contribution in [0, 0.1) is 11.3 Å². The lowest BCUT2D eigenvalue weighted by atomic mass is 10.1. The second-order valence-electron chi connectivity index (χ2n) is 3.91. The van der Waals surface area contributed by atoms with Gasteiger partial charge in [-0.2, -0.15) is 5.26 Å². The molecular formula is C16H14N2O. The Kier molecular flexibility index (Phi) is 4.20. The van der Waals surface area contributed by atoms with Gasteiger partial charge in [0.2, 0.25) is 0 Å². The van der Waals surface area contributed by atoms with Crippen LogP contribution in [-0.2, 0) is 0 Å². The van der Waals surface area contributed by atoms with Crippen molar-refractivity contribution in [2.24, 2.45) is 0 Å². The van der Waals surface area contributed by atoms with Gasteiger partial charge in [-0.3, -0.25) is 0 Å². The molecule has 3 heteroatoms. The number of nitrogens with one attached hydrogen (secondary N) is 1. The molecule has 0 aliphatic heterocycles. The summed E-state index contributed by atoms with van der Waals surface area (Å²) < 4.78 is 5.09. The lowest BCUT2D eigenvalue weighted by Gasteiger charge is -2.04. The summed E-state index contributed by atoms with van der Waals surface area (Å²) in [6.45, 7) is 0. The average Bonchev–Trinajstić information content (AvgIpc) is 2.49. The van der Waals surface area contributed by atoms with Gasteiger partial charge in [-0.05, 0) is 29.8 Å². The molecule has 0 bridgehead atoms. The van der Waals surface area contributed by atoms with E-state index in [1.165, 1.54) is 0 Å². The summed E-state index contributed by atoms with van der Waals surface area (Å²) in [7, 11) is 1.63. The van der Waals surface area contributed by atoms with Crippen molar-refractivity contribution in [1.82, 2.24) is 0 Å². The number of hydrogen-bond acceptors (Lipinski definition) is 3. The third-order valence-corrected chi connectivity index (χ3v) is 2.68. The molecule has 0 heterocycles. The lowest BCUT2D eigenvalue weighted by molar-refractivity contribution is 0.415. The molecule has 1 N–H and O–H groups in total. The van der Waals surface area contributed by atoms with Gasteiger partial charge in [-0.25, -0.2) is 0 Å². The molecule has 0 unspecified atom stereocenters. The fourth-order valence-electron chi connectivity index (χ4n) is 1.64. The first kappa shape index (κ1) is 12.7. The molecule has 2 aromatic carbocycles. The predicted octanol–water partition coefficient (Wildman–Crippen LogP) is 3.67. The SMILES string of the molecule is COc1ccc(N/C=C(\C#N)c2ccccc2)cc1. The fraction of sp³-hybridized carbons (Fsp3) is 0.0625. The van der Waals surface area contributed by atoms with Gasteiger partial charge in [0.1, 0.15) is 11.8 Å². The van der Waals surface area contributed by atoms with Crippen LogP contribution in [0.1, 0.15) is 5.56 Å². The standard InChI is InChI=1S/C16H14N2O/c1-19-16-9-7-15(8-10-16)18-12-14(11-17)13-5-3-2-4-6-13/h2-10,12,18H,1H3/b14-12+. The maximum Gasteiger partial charge on any atom is 0.119 e. The minimum absolute atomic E-state index is 0.594. The van der Waals surface area contributed by atoms with Crippen LogP contribution in [0.25, 0.3) is 5.57 Å². The number of nitriles is 1. The number of hydrogen-bond donors (Lipinski definition) is 1. The van der Waals surface area contributed by atoms with E-state index in [9.17, 15) is 0 Å². The van der Waals surface area contributed by atoms with E-state index in [1.807, 2.05) is 54.6 Å². The van der Waals surface area contributed by atoms with E-state index in [4.69, 9.17) is 10.00 Å². The van der Waals surface area contributed by atoms with Gasteiger partial charge in [0.25, 0.3) is 0 Å². The zero-order valence-corrected chi connectivity index (χ0v) is 10.6. The molecule has 0 saturated carbocycles. The van der Waals surface area contributed by atoms with Crippen molar-refractivity contribution in [1.29, 1.82) is 5.26 Å². The summed E-state index contributed by atoms with van der Waals surface area (Å²) in [5, 5.41) is 12.3. The van der Waals surface area contributed by atoms with Gasteiger partial charge in [0.05, 0.1) is 12.7 Å². The highest BCUT2D eigenvalue weighted by atomic mass is 16.5. The van der Waals surface area contributed by atoms with E-state index in [2.05, 4.69) is 11.4 Å². The second kappa shape index (κ2) is 6.27. The number of nitrogens with zero attached hydrogens (tertiary/aromatic N) is 1. The number of benzene rings is 2. The summed E-state index contributed by atoms with van der Waals surface area (Å²) in [4.78, 5) is 0. The maximum absolute atomic E-state index is 9.16. The minimum Gasteiger partial charge on any atom is -0.497 e. The van der Waals surface area contributed by atoms with Crippen molar-refractivity contribution >= 4 is 11.3 Å². The zero-order valence-electron chi connectivity index (χ0n) is 10.6. The van der Waals surface area contributed by atoms with Crippen LogP contribution >= 0.6 is 0 Å². The Bertz CT molecular complexity index is 595. The van der Waals surface area contributed by atoms with Gasteiger partial charge in [-0.1, -0.05) is 30.3 Å². The summed E-state index contributed by atoms with van der Waals surface area (Å²) in [5.41, 5.74) is 2.40. The molecule has 2 rings (SSSR count). The summed E-state index contributed by atoms with van der Waals surface area (Å²) >= 11 is 0. The highest BCUT2D eigenvalue weighted by Crippen LogP contribution is 2.17. The quantitative estimate of drug-likeness (QED) is 0.842. The molecular weight excluding hydrogens is 236 g/mol. The molecule has 0 atom stereocenters. The first-order valence-electron chi connectivity index (χ1n) is 5.90. The predicted molar refractivity (Wildman–Crippen MR) is 76.6 cm³/mol. The lowest BCUT2D eigenvalue weighted by Crippen LogP contribution is -1.91. The van der Waals surface area contributed by atoms with Crippen LogP contribution in [0.2, 0.25) is 0 Å². The van der Waals surface area contributed by atoms with E-state index in [-0.39, 0.29) is 0 Å². The van der Waals surface area contributed by atoms with Crippen LogP contribution in [0.15, 0.2) is 60.8 Å². The highest BCUT2D eigenvalue weighted by Gasteiger charge is 1.99. The van der Waals surface area contributed by atoms with Gasteiger partial charge < -0.3 is 10.1 Å². The smallest absolute Gasteiger partial charge is 0.119 e. The third-order valence-electron chi connectivity index (χ3n) is 2.68. The Morgan fingerprint density at radius 2 is 1.79 bits per heavy atom. The molecule has 3 nitrogen and oxygen atoms in total. The number of anilines is 1. The number of rotatable bonds is 4. The van der Waals surface area contributed by atoms with Gasteiger partial charge in [0.15, 0.2) is 0 Å². The summed E-state index contributed by atoms with van der Waals surface area (Å²) in [5.74, 6) is 0.804. The number of methoxy groups -OCH3 is 1. The van der Waals surface area contributed by atoms with E-state index in [0.717, 1.165) is 17.0 Å². The molecule has 0 aliphatic rings. The van der Waals surface area contributed by atoms with Crippen molar-refractivity contribution in [3.05, 3.63) is 66.4 Å². The molecule has 0 radical (unpaired) electrons. The Balaban J connectivity index is 2.14. The minimum atomic E-state index is 0.594. The highest BCUT2D eigenvalue weighted by molar-refractivity contribution is 5.78. The normalized spacial score (nSPS) is 10.6. The third kappa shape index (κ3) is 3.36. The Morgan fingerprint density at radius 3 is 2.37 bits per heavy atom. The Hall–Kier alpha value is -2.73. The summed E-state index contributed by atoms with van der Waals surface area (Å²) in [6.07, 6.45) is 1.71. The molecule has 2 aromatic rings. The Labute approximate surface area is 112 Å². The van der Waals surface area contributed by atoms with Crippen LogP contribution < -0.4 is 10.1 Å². The number of allylic oxidation sites excluding steroid dienone is 1. The van der Waals surface area contributed by atoms with Crippen molar-refractivity contribution in [3.8, 4) is 11.8 Å². The van der Waals surface area contributed by atoms with E-state index in [1.54, 1.807) is 13.3 Å². The second-order valence-corrected chi connectivity index (χ2v) is 3.91. The molecule has 0 amide bonds. The molecule has 94 valence electrons. The van der Waals surface area contributed by atoms with Crippen LogP contribution in [-0.4, -0.2) is 7.11 Å². The van der Waals surface area contributed by atoms with Crippen molar-refractivity contribution in [3.63, 3.8) is 0 Å². The first-order valence-corrected chi connectivity index (χ1v) is 5.90. The Morgan fingerprint density at radius 1 is 1.11 bits per heavy atom. The average molecular weight is 250 g/mol. The molecule has 0 saturated heterocycles.